The lowest BCUT2D eigenvalue weighted by molar-refractivity contribution is -0.142. The van der Waals surface area contributed by atoms with E-state index in [0.29, 0.717) is 16.5 Å². The third-order valence-electron chi connectivity index (χ3n) is 4.45. The molecule has 1 amide bonds. The summed E-state index contributed by atoms with van der Waals surface area (Å²) in [6.45, 7) is 0.0172. The van der Waals surface area contributed by atoms with Crippen molar-refractivity contribution in [2.24, 2.45) is 0 Å². The average Bonchev–Trinajstić information content (AvgIpc) is 2.69. The van der Waals surface area contributed by atoms with E-state index in [-0.39, 0.29) is 25.1 Å². The second kappa shape index (κ2) is 8.42. The van der Waals surface area contributed by atoms with E-state index in [2.05, 4.69) is 10.3 Å². The second-order valence-corrected chi connectivity index (χ2v) is 6.47. The SMILES string of the molecule is O=C(CCCn1c(=O)[nH]c2ccccc2c1=O)N[C@H](C(=O)O)c1ccc(O)cc1. The van der Waals surface area contributed by atoms with Crippen LogP contribution >= 0.6 is 0 Å². The molecule has 9 nitrogen and oxygen atoms in total. The topological polar surface area (TPSA) is 141 Å². The summed E-state index contributed by atoms with van der Waals surface area (Å²) in [4.78, 5) is 50.8. The summed E-state index contributed by atoms with van der Waals surface area (Å²) >= 11 is 0. The zero-order valence-corrected chi connectivity index (χ0v) is 15.3. The third kappa shape index (κ3) is 4.52. The van der Waals surface area contributed by atoms with Crippen LogP contribution in [-0.2, 0) is 16.1 Å². The van der Waals surface area contributed by atoms with Crippen molar-refractivity contribution in [3.05, 3.63) is 74.9 Å². The lowest BCUT2D eigenvalue weighted by Gasteiger charge is -2.15. The van der Waals surface area contributed by atoms with Crippen LogP contribution in [0.5, 0.6) is 5.75 Å². The van der Waals surface area contributed by atoms with Crippen molar-refractivity contribution in [1.82, 2.24) is 14.9 Å². The van der Waals surface area contributed by atoms with Crippen LogP contribution in [0.15, 0.2) is 58.1 Å². The first kappa shape index (κ1) is 19.9. The fourth-order valence-corrected chi connectivity index (χ4v) is 2.99. The lowest BCUT2D eigenvalue weighted by atomic mass is 10.1. The van der Waals surface area contributed by atoms with Crippen LogP contribution in [0.2, 0.25) is 0 Å². The molecule has 0 aliphatic carbocycles. The fourth-order valence-electron chi connectivity index (χ4n) is 2.99. The molecule has 0 aliphatic heterocycles. The molecule has 1 aromatic heterocycles. The maximum Gasteiger partial charge on any atom is 0.330 e. The van der Waals surface area contributed by atoms with Crippen LogP contribution in [0.25, 0.3) is 10.9 Å². The molecule has 0 spiro atoms. The molecular formula is C20H19N3O6. The minimum atomic E-state index is -1.27. The van der Waals surface area contributed by atoms with Gasteiger partial charge in [-0.15, -0.1) is 0 Å². The Labute approximate surface area is 164 Å². The Kier molecular flexibility index (Phi) is 5.77. The maximum atomic E-state index is 12.4. The van der Waals surface area contributed by atoms with Gasteiger partial charge in [0.1, 0.15) is 5.75 Å². The number of carboxylic acid groups (broad SMARTS) is 1. The standard InChI is InChI=1S/C20H19N3O6/c24-13-9-7-12(8-10-13)17(19(27)28)22-16(25)6-3-11-23-18(26)14-4-1-2-5-15(14)21-20(23)29/h1-2,4-5,7-10,17,24H,3,6,11H2,(H,21,29)(H,22,25)(H,27,28)/t17-/m0/s1. The van der Waals surface area contributed by atoms with E-state index in [0.717, 1.165) is 4.57 Å². The number of phenols is 1. The summed E-state index contributed by atoms with van der Waals surface area (Å²) < 4.78 is 1.02. The Balaban J connectivity index is 1.66. The molecule has 1 heterocycles. The summed E-state index contributed by atoms with van der Waals surface area (Å²) in [5.74, 6) is -1.79. The average molecular weight is 397 g/mol. The number of fused-ring (bicyclic) bond motifs is 1. The number of aromatic hydroxyl groups is 1. The van der Waals surface area contributed by atoms with Gasteiger partial charge < -0.3 is 20.5 Å². The number of hydrogen-bond acceptors (Lipinski definition) is 5. The molecule has 0 fully saturated rings. The molecule has 3 rings (SSSR count). The minimum Gasteiger partial charge on any atom is -0.508 e. The van der Waals surface area contributed by atoms with Gasteiger partial charge in [0.15, 0.2) is 6.04 Å². The number of carbonyl (C=O) groups is 2. The molecule has 2 aromatic carbocycles. The van der Waals surface area contributed by atoms with Gasteiger partial charge in [-0.05, 0) is 36.2 Å². The van der Waals surface area contributed by atoms with E-state index < -0.39 is 29.2 Å². The van der Waals surface area contributed by atoms with Gasteiger partial charge in [-0.2, -0.15) is 0 Å². The monoisotopic (exact) mass is 397 g/mol. The van der Waals surface area contributed by atoms with Crippen LogP contribution in [0.1, 0.15) is 24.4 Å². The highest BCUT2D eigenvalue weighted by molar-refractivity contribution is 5.84. The summed E-state index contributed by atoms with van der Waals surface area (Å²) in [7, 11) is 0. The van der Waals surface area contributed by atoms with Crippen molar-refractivity contribution < 1.29 is 19.8 Å². The largest absolute Gasteiger partial charge is 0.508 e. The molecule has 29 heavy (non-hydrogen) atoms. The Bertz CT molecular complexity index is 1160. The van der Waals surface area contributed by atoms with Gasteiger partial charge in [0.2, 0.25) is 5.91 Å². The summed E-state index contributed by atoms with van der Waals surface area (Å²) in [6, 6.07) is 10.8. The van der Waals surface area contributed by atoms with E-state index in [4.69, 9.17) is 0 Å². The number of benzene rings is 2. The quantitative estimate of drug-likeness (QED) is 0.471. The van der Waals surface area contributed by atoms with Gasteiger partial charge in [-0.1, -0.05) is 24.3 Å². The van der Waals surface area contributed by atoms with Gasteiger partial charge in [0.05, 0.1) is 10.9 Å². The first-order chi connectivity index (χ1) is 13.9. The van der Waals surface area contributed by atoms with Gasteiger partial charge in [0, 0.05) is 13.0 Å². The first-order valence-corrected chi connectivity index (χ1v) is 8.90. The van der Waals surface area contributed by atoms with E-state index in [1.807, 2.05) is 0 Å². The second-order valence-electron chi connectivity index (χ2n) is 6.47. The number of hydrogen-bond donors (Lipinski definition) is 4. The number of phenolic OH excluding ortho intramolecular Hbond substituents is 1. The van der Waals surface area contributed by atoms with Gasteiger partial charge in [-0.25, -0.2) is 9.59 Å². The summed E-state index contributed by atoms with van der Waals surface area (Å²) in [5.41, 5.74) is -0.264. The molecule has 0 bridgehead atoms. The molecule has 9 heteroatoms. The number of para-hydroxylation sites is 1. The molecular weight excluding hydrogens is 378 g/mol. The van der Waals surface area contributed by atoms with Crippen LogP contribution in [0, 0.1) is 0 Å². The van der Waals surface area contributed by atoms with Gasteiger partial charge in [0.25, 0.3) is 5.56 Å². The highest BCUT2D eigenvalue weighted by Crippen LogP contribution is 2.17. The number of aromatic nitrogens is 2. The predicted molar refractivity (Wildman–Crippen MR) is 105 cm³/mol. The summed E-state index contributed by atoms with van der Waals surface area (Å²) in [5, 5.41) is 21.4. The number of aliphatic carboxylic acids is 1. The minimum absolute atomic E-state index is 0.0172. The van der Waals surface area contributed by atoms with Gasteiger partial charge in [-0.3, -0.25) is 14.2 Å². The highest BCUT2D eigenvalue weighted by Gasteiger charge is 2.22. The number of carboxylic acids is 1. The molecule has 1 atom stereocenters. The van der Waals surface area contributed by atoms with E-state index in [9.17, 15) is 29.4 Å². The van der Waals surface area contributed by atoms with Crippen molar-refractivity contribution >= 4 is 22.8 Å². The Morgan fingerprint density at radius 1 is 1.07 bits per heavy atom. The van der Waals surface area contributed by atoms with E-state index >= 15 is 0 Å². The summed E-state index contributed by atoms with van der Waals surface area (Å²) in [6.07, 6.45) is 0.107. The zero-order chi connectivity index (χ0) is 21.0. The molecule has 0 aliphatic rings. The molecule has 4 N–H and O–H groups in total. The molecule has 0 saturated carbocycles. The number of H-pyrrole nitrogens is 1. The molecule has 0 unspecified atom stereocenters. The fraction of sp³-hybridized carbons (Fsp3) is 0.200. The number of aromatic amines is 1. The lowest BCUT2D eigenvalue weighted by Crippen LogP contribution is -2.36. The molecule has 0 saturated heterocycles. The number of nitrogens with zero attached hydrogens (tertiary/aromatic N) is 1. The molecule has 150 valence electrons. The Hall–Kier alpha value is -3.88. The molecule has 0 radical (unpaired) electrons. The maximum absolute atomic E-state index is 12.4. The van der Waals surface area contributed by atoms with Crippen molar-refractivity contribution in [3.8, 4) is 5.75 Å². The smallest absolute Gasteiger partial charge is 0.330 e. The van der Waals surface area contributed by atoms with Crippen LogP contribution in [-0.4, -0.2) is 31.6 Å². The van der Waals surface area contributed by atoms with Crippen molar-refractivity contribution in [2.75, 3.05) is 0 Å². The first-order valence-electron chi connectivity index (χ1n) is 8.90. The highest BCUT2D eigenvalue weighted by atomic mass is 16.4. The van der Waals surface area contributed by atoms with Crippen molar-refractivity contribution in [2.45, 2.75) is 25.4 Å². The van der Waals surface area contributed by atoms with Crippen molar-refractivity contribution in [3.63, 3.8) is 0 Å². The number of amides is 1. The zero-order valence-electron chi connectivity index (χ0n) is 15.3. The number of rotatable bonds is 7. The molecule has 3 aromatic rings. The Morgan fingerprint density at radius 2 is 1.76 bits per heavy atom. The van der Waals surface area contributed by atoms with Gasteiger partial charge >= 0.3 is 11.7 Å². The van der Waals surface area contributed by atoms with Crippen LogP contribution in [0.4, 0.5) is 0 Å². The van der Waals surface area contributed by atoms with E-state index in [1.165, 1.54) is 24.3 Å². The predicted octanol–water partition coefficient (Wildman–Crippen LogP) is 1.12. The number of nitrogens with one attached hydrogen (secondary N) is 2. The number of carbonyl (C=O) groups excluding carboxylic acids is 1. The third-order valence-corrected chi connectivity index (χ3v) is 4.45. The van der Waals surface area contributed by atoms with Crippen molar-refractivity contribution in [1.29, 1.82) is 0 Å². The van der Waals surface area contributed by atoms with Crippen LogP contribution < -0.4 is 16.6 Å². The van der Waals surface area contributed by atoms with E-state index in [1.54, 1.807) is 24.3 Å². The van der Waals surface area contributed by atoms with Crippen LogP contribution in [0.3, 0.4) is 0 Å². The normalized spacial score (nSPS) is 11.9. The Morgan fingerprint density at radius 3 is 2.45 bits per heavy atom.